The summed E-state index contributed by atoms with van der Waals surface area (Å²) in [4.78, 5) is 0. The molecule has 2 rings (SSSR count). The predicted molar refractivity (Wildman–Crippen MR) is 108 cm³/mol. The van der Waals surface area contributed by atoms with Gasteiger partial charge in [-0.25, -0.2) is 0 Å². The van der Waals surface area contributed by atoms with Crippen molar-refractivity contribution in [1.29, 1.82) is 0 Å². The van der Waals surface area contributed by atoms with Crippen molar-refractivity contribution in [2.24, 2.45) is 0 Å². The SMILES string of the molecule is OC(CCCCSCCCCC(O)c1ccccc1)c1ccccc1. The number of thioether (sulfide) groups is 1. The van der Waals surface area contributed by atoms with Crippen molar-refractivity contribution in [2.45, 2.75) is 50.7 Å². The summed E-state index contributed by atoms with van der Waals surface area (Å²) >= 11 is 1.98. The first kappa shape index (κ1) is 20.0. The van der Waals surface area contributed by atoms with Gasteiger partial charge in [0.1, 0.15) is 0 Å². The van der Waals surface area contributed by atoms with E-state index in [1.807, 2.05) is 72.4 Å². The number of benzene rings is 2. The van der Waals surface area contributed by atoms with E-state index in [2.05, 4.69) is 0 Å². The fourth-order valence-electron chi connectivity index (χ4n) is 2.87. The second-order valence-corrected chi connectivity index (χ2v) is 7.68. The molecule has 0 heterocycles. The van der Waals surface area contributed by atoms with Crippen LogP contribution in [-0.2, 0) is 0 Å². The molecule has 2 aromatic carbocycles. The quantitative estimate of drug-likeness (QED) is 0.490. The molecule has 2 N–H and O–H groups in total. The van der Waals surface area contributed by atoms with Gasteiger partial charge in [0.05, 0.1) is 12.2 Å². The van der Waals surface area contributed by atoms with Crippen molar-refractivity contribution in [3.8, 4) is 0 Å². The van der Waals surface area contributed by atoms with E-state index in [-0.39, 0.29) is 12.2 Å². The Morgan fingerprint density at radius 3 is 1.40 bits per heavy atom. The van der Waals surface area contributed by atoms with Gasteiger partial charge in [-0.15, -0.1) is 0 Å². The molecule has 136 valence electrons. The number of hydrogen-bond acceptors (Lipinski definition) is 3. The van der Waals surface area contributed by atoms with Crippen LogP contribution in [0.5, 0.6) is 0 Å². The van der Waals surface area contributed by atoms with Gasteiger partial charge in [-0.05, 0) is 61.2 Å². The first-order chi connectivity index (χ1) is 12.3. The molecule has 0 amide bonds. The molecule has 2 unspecified atom stereocenters. The van der Waals surface area contributed by atoms with Crippen molar-refractivity contribution in [2.75, 3.05) is 11.5 Å². The van der Waals surface area contributed by atoms with Crippen molar-refractivity contribution < 1.29 is 10.2 Å². The average molecular weight is 359 g/mol. The Hall–Kier alpha value is -1.29. The molecule has 0 aliphatic carbocycles. The molecule has 25 heavy (non-hydrogen) atoms. The predicted octanol–water partition coefficient (Wildman–Crippen LogP) is 5.53. The van der Waals surface area contributed by atoms with E-state index in [4.69, 9.17) is 0 Å². The third kappa shape index (κ3) is 8.08. The summed E-state index contributed by atoms with van der Waals surface area (Å²) in [7, 11) is 0. The maximum absolute atomic E-state index is 10.1. The van der Waals surface area contributed by atoms with E-state index >= 15 is 0 Å². The van der Waals surface area contributed by atoms with Gasteiger partial charge < -0.3 is 10.2 Å². The molecule has 0 fully saturated rings. The summed E-state index contributed by atoms with van der Waals surface area (Å²) in [6.07, 6.45) is 5.46. The highest BCUT2D eigenvalue weighted by molar-refractivity contribution is 7.99. The van der Waals surface area contributed by atoms with E-state index in [0.29, 0.717) is 0 Å². The van der Waals surface area contributed by atoms with Crippen LogP contribution in [0.25, 0.3) is 0 Å². The third-order valence-electron chi connectivity index (χ3n) is 4.40. The molecule has 0 saturated heterocycles. The topological polar surface area (TPSA) is 40.5 Å². The number of hydrogen-bond donors (Lipinski definition) is 2. The first-order valence-corrected chi connectivity index (χ1v) is 10.5. The van der Waals surface area contributed by atoms with Gasteiger partial charge in [-0.2, -0.15) is 11.8 Å². The maximum atomic E-state index is 10.1. The van der Waals surface area contributed by atoms with Gasteiger partial charge in [-0.3, -0.25) is 0 Å². The van der Waals surface area contributed by atoms with Crippen LogP contribution in [0.1, 0.15) is 61.9 Å². The molecule has 0 aliphatic rings. The lowest BCUT2D eigenvalue weighted by Gasteiger charge is -2.11. The molecule has 0 bridgehead atoms. The second kappa shape index (κ2) is 12.1. The fourth-order valence-corrected chi connectivity index (χ4v) is 3.89. The minimum atomic E-state index is -0.328. The molecule has 0 aliphatic heterocycles. The van der Waals surface area contributed by atoms with Crippen molar-refractivity contribution in [3.05, 3.63) is 71.8 Å². The number of unbranched alkanes of at least 4 members (excludes halogenated alkanes) is 2. The fraction of sp³-hybridized carbons (Fsp3) is 0.455. The number of aliphatic hydroxyl groups excluding tert-OH is 2. The second-order valence-electron chi connectivity index (χ2n) is 6.46. The van der Waals surface area contributed by atoms with Crippen LogP contribution in [-0.4, -0.2) is 21.7 Å². The Morgan fingerprint density at radius 2 is 1.00 bits per heavy atom. The van der Waals surface area contributed by atoms with Crippen molar-refractivity contribution in [1.82, 2.24) is 0 Å². The zero-order valence-corrected chi connectivity index (χ0v) is 15.7. The van der Waals surface area contributed by atoms with E-state index in [1.54, 1.807) is 0 Å². The van der Waals surface area contributed by atoms with Crippen molar-refractivity contribution >= 4 is 11.8 Å². The van der Waals surface area contributed by atoms with Crippen LogP contribution in [0, 0.1) is 0 Å². The molecule has 0 aromatic heterocycles. The maximum Gasteiger partial charge on any atom is 0.0790 e. The molecule has 0 spiro atoms. The zero-order valence-electron chi connectivity index (χ0n) is 14.9. The molecular weight excluding hydrogens is 328 g/mol. The normalized spacial score (nSPS) is 13.5. The summed E-state index contributed by atoms with van der Waals surface area (Å²) in [5.74, 6) is 2.31. The van der Waals surface area contributed by atoms with Gasteiger partial charge in [0.2, 0.25) is 0 Å². The van der Waals surface area contributed by atoms with Crippen LogP contribution in [0.3, 0.4) is 0 Å². The lowest BCUT2D eigenvalue weighted by Crippen LogP contribution is -1.98. The van der Waals surface area contributed by atoms with E-state index < -0.39 is 0 Å². The smallest absolute Gasteiger partial charge is 0.0790 e. The zero-order chi connectivity index (χ0) is 17.7. The summed E-state index contributed by atoms with van der Waals surface area (Å²) in [5, 5.41) is 20.2. The minimum absolute atomic E-state index is 0.328. The third-order valence-corrected chi connectivity index (χ3v) is 5.56. The lowest BCUT2D eigenvalue weighted by atomic mass is 10.0. The Morgan fingerprint density at radius 1 is 0.600 bits per heavy atom. The molecule has 2 atom stereocenters. The monoisotopic (exact) mass is 358 g/mol. The summed E-state index contributed by atoms with van der Waals surface area (Å²) < 4.78 is 0. The molecule has 3 heteroatoms. The Labute approximate surface area is 156 Å². The van der Waals surface area contributed by atoms with Crippen LogP contribution < -0.4 is 0 Å². The molecule has 0 radical (unpaired) electrons. The first-order valence-electron chi connectivity index (χ1n) is 9.31. The van der Waals surface area contributed by atoms with Crippen LogP contribution in [0.4, 0.5) is 0 Å². The van der Waals surface area contributed by atoms with Crippen LogP contribution in [0.2, 0.25) is 0 Å². The highest BCUT2D eigenvalue weighted by atomic mass is 32.2. The molecule has 2 nitrogen and oxygen atoms in total. The lowest BCUT2D eigenvalue weighted by molar-refractivity contribution is 0.164. The van der Waals surface area contributed by atoms with Gasteiger partial charge in [0.15, 0.2) is 0 Å². The Bertz CT molecular complexity index is 507. The minimum Gasteiger partial charge on any atom is -0.388 e. The van der Waals surface area contributed by atoms with Crippen LogP contribution >= 0.6 is 11.8 Å². The summed E-state index contributed by atoms with van der Waals surface area (Å²) in [5.41, 5.74) is 2.04. The van der Waals surface area contributed by atoms with Gasteiger partial charge in [-0.1, -0.05) is 60.7 Å². The number of aliphatic hydroxyl groups is 2. The molecule has 2 aromatic rings. The van der Waals surface area contributed by atoms with E-state index in [1.165, 1.54) is 0 Å². The van der Waals surface area contributed by atoms with Crippen LogP contribution in [0.15, 0.2) is 60.7 Å². The molecule has 0 saturated carbocycles. The standard InChI is InChI=1S/C22H30O2S/c23-21(19-11-3-1-4-12-19)15-7-9-17-25-18-10-8-16-22(24)20-13-5-2-6-14-20/h1-6,11-14,21-24H,7-10,15-18H2. The highest BCUT2D eigenvalue weighted by Crippen LogP contribution is 2.21. The van der Waals surface area contributed by atoms with Crippen molar-refractivity contribution in [3.63, 3.8) is 0 Å². The Balaban J connectivity index is 1.43. The largest absolute Gasteiger partial charge is 0.388 e. The van der Waals surface area contributed by atoms with E-state index in [9.17, 15) is 10.2 Å². The van der Waals surface area contributed by atoms with Gasteiger partial charge in [0.25, 0.3) is 0 Å². The Kier molecular flexibility index (Phi) is 9.71. The summed E-state index contributed by atoms with van der Waals surface area (Å²) in [6.45, 7) is 0. The van der Waals surface area contributed by atoms with Gasteiger partial charge in [0, 0.05) is 0 Å². The molecular formula is C22H30O2S. The summed E-state index contributed by atoms with van der Waals surface area (Å²) in [6, 6.07) is 19.8. The average Bonchev–Trinajstić information content (AvgIpc) is 2.67. The van der Waals surface area contributed by atoms with Gasteiger partial charge >= 0.3 is 0 Å². The van der Waals surface area contributed by atoms with E-state index in [0.717, 1.165) is 61.2 Å². The highest BCUT2D eigenvalue weighted by Gasteiger charge is 2.07. The number of rotatable bonds is 12.